The van der Waals surface area contributed by atoms with Gasteiger partial charge in [0.05, 0.1) is 6.04 Å². The minimum absolute atomic E-state index is 0.0429. The van der Waals surface area contributed by atoms with Crippen molar-refractivity contribution in [2.75, 3.05) is 0 Å². The Bertz CT molecular complexity index is 659. The predicted molar refractivity (Wildman–Crippen MR) is 83.3 cm³/mol. The molecule has 0 fully saturated rings. The number of rotatable bonds is 3. The summed E-state index contributed by atoms with van der Waals surface area (Å²) in [6, 6.07) is 10.6. The van der Waals surface area contributed by atoms with Crippen molar-refractivity contribution in [3.63, 3.8) is 0 Å². The molecule has 20 heavy (non-hydrogen) atoms. The Morgan fingerprint density at radius 2 is 1.70 bits per heavy atom. The first-order valence-electron chi connectivity index (χ1n) is 6.62. The van der Waals surface area contributed by atoms with Crippen molar-refractivity contribution >= 4 is 11.6 Å². The van der Waals surface area contributed by atoms with Crippen LogP contribution >= 0.6 is 11.6 Å². The van der Waals surface area contributed by atoms with Gasteiger partial charge in [0.2, 0.25) is 0 Å². The van der Waals surface area contributed by atoms with Gasteiger partial charge >= 0.3 is 0 Å². The molecule has 0 aliphatic carbocycles. The second-order valence-electron chi connectivity index (χ2n) is 5.26. The summed E-state index contributed by atoms with van der Waals surface area (Å²) in [6.07, 6.45) is 0. The van der Waals surface area contributed by atoms with E-state index < -0.39 is 6.04 Å². The van der Waals surface area contributed by atoms with Crippen LogP contribution in [0.4, 0.5) is 0 Å². The van der Waals surface area contributed by atoms with Crippen molar-refractivity contribution in [3.8, 4) is 0 Å². The van der Waals surface area contributed by atoms with Crippen molar-refractivity contribution in [2.24, 2.45) is 12.8 Å². The summed E-state index contributed by atoms with van der Waals surface area (Å²) in [5, 5.41) is 0.656. The van der Waals surface area contributed by atoms with E-state index in [1.807, 2.05) is 24.3 Å². The molecular formula is C16H19ClN2O. The Hall–Kier alpha value is -1.58. The van der Waals surface area contributed by atoms with Crippen LogP contribution < -0.4 is 11.3 Å². The van der Waals surface area contributed by atoms with Crippen LogP contribution in [0, 0.1) is 0 Å². The molecule has 2 rings (SSSR count). The Morgan fingerprint density at radius 1 is 1.10 bits per heavy atom. The second kappa shape index (κ2) is 5.81. The van der Waals surface area contributed by atoms with Crippen molar-refractivity contribution in [2.45, 2.75) is 25.8 Å². The third-order valence-electron chi connectivity index (χ3n) is 3.53. The maximum absolute atomic E-state index is 12.4. The molecule has 3 nitrogen and oxygen atoms in total. The quantitative estimate of drug-likeness (QED) is 0.943. The lowest BCUT2D eigenvalue weighted by Gasteiger charge is -2.17. The SMILES string of the molecule is CC(C)c1ccc(C(N)c2ccc(Cl)cc2)c(=O)n1C. The number of aromatic nitrogens is 1. The number of halogens is 1. The highest BCUT2D eigenvalue weighted by Gasteiger charge is 2.15. The summed E-state index contributed by atoms with van der Waals surface area (Å²) < 4.78 is 1.68. The summed E-state index contributed by atoms with van der Waals surface area (Å²) in [6.45, 7) is 4.13. The first kappa shape index (κ1) is 14.8. The maximum Gasteiger partial charge on any atom is 0.255 e. The van der Waals surface area contributed by atoms with E-state index in [4.69, 9.17) is 17.3 Å². The molecule has 2 aromatic rings. The zero-order valence-corrected chi connectivity index (χ0v) is 12.7. The molecule has 0 aliphatic rings. The van der Waals surface area contributed by atoms with Crippen LogP contribution in [-0.2, 0) is 7.05 Å². The van der Waals surface area contributed by atoms with Gasteiger partial charge in [-0.25, -0.2) is 0 Å². The molecule has 106 valence electrons. The first-order chi connectivity index (χ1) is 9.41. The first-order valence-corrected chi connectivity index (χ1v) is 7.00. The van der Waals surface area contributed by atoms with Gasteiger partial charge < -0.3 is 10.3 Å². The molecular weight excluding hydrogens is 272 g/mol. The standard InChI is InChI=1S/C16H19ClN2O/c1-10(2)14-9-8-13(16(20)19(14)3)15(18)11-4-6-12(17)7-5-11/h4-10,15H,18H2,1-3H3. The average molecular weight is 291 g/mol. The molecule has 1 unspecified atom stereocenters. The minimum Gasteiger partial charge on any atom is -0.320 e. The van der Waals surface area contributed by atoms with Crippen LogP contribution in [0.2, 0.25) is 5.02 Å². The third-order valence-corrected chi connectivity index (χ3v) is 3.78. The predicted octanol–water partition coefficient (Wildman–Crippen LogP) is 3.21. The number of nitrogens with two attached hydrogens (primary N) is 1. The van der Waals surface area contributed by atoms with Crippen molar-refractivity contribution < 1.29 is 0 Å². The lowest BCUT2D eigenvalue weighted by Crippen LogP contribution is -2.29. The third kappa shape index (κ3) is 2.79. The van der Waals surface area contributed by atoms with Crippen LogP contribution in [0.1, 0.15) is 42.6 Å². The topological polar surface area (TPSA) is 48.0 Å². The monoisotopic (exact) mass is 290 g/mol. The van der Waals surface area contributed by atoms with E-state index in [0.29, 0.717) is 16.5 Å². The summed E-state index contributed by atoms with van der Waals surface area (Å²) in [4.78, 5) is 12.4. The fourth-order valence-electron chi connectivity index (χ4n) is 2.34. The van der Waals surface area contributed by atoms with Crippen molar-refractivity contribution in [1.82, 2.24) is 4.57 Å². The van der Waals surface area contributed by atoms with Gasteiger partial charge in [-0.05, 0) is 35.7 Å². The van der Waals surface area contributed by atoms with Crippen LogP contribution in [0.25, 0.3) is 0 Å². The fraction of sp³-hybridized carbons (Fsp3) is 0.312. The van der Waals surface area contributed by atoms with Gasteiger partial charge in [-0.15, -0.1) is 0 Å². The minimum atomic E-state index is -0.438. The lowest BCUT2D eigenvalue weighted by atomic mass is 9.99. The van der Waals surface area contributed by atoms with Gasteiger partial charge in [0, 0.05) is 23.3 Å². The van der Waals surface area contributed by atoms with Crippen molar-refractivity contribution in [1.29, 1.82) is 0 Å². The van der Waals surface area contributed by atoms with E-state index in [1.165, 1.54) is 0 Å². The van der Waals surface area contributed by atoms with Crippen LogP contribution in [0.15, 0.2) is 41.2 Å². The molecule has 2 N–H and O–H groups in total. The molecule has 1 heterocycles. The van der Waals surface area contributed by atoms with E-state index in [2.05, 4.69) is 13.8 Å². The Morgan fingerprint density at radius 3 is 2.25 bits per heavy atom. The summed E-state index contributed by atoms with van der Waals surface area (Å²) in [7, 11) is 1.79. The fourth-order valence-corrected chi connectivity index (χ4v) is 2.46. The maximum atomic E-state index is 12.4. The van der Waals surface area contributed by atoms with Gasteiger partial charge in [-0.1, -0.05) is 37.6 Å². The van der Waals surface area contributed by atoms with Crippen molar-refractivity contribution in [3.05, 3.63) is 68.6 Å². The molecule has 0 aliphatic heterocycles. The molecule has 0 bridgehead atoms. The highest BCUT2D eigenvalue weighted by atomic mass is 35.5. The molecule has 0 saturated carbocycles. The largest absolute Gasteiger partial charge is 0.320 e. The number of benzene rings is 1. The number of pyridine rings is 1. The van der Waals surface area contributed by atoms with Crippen LogP contribution in [0.3, 0.4) is 0 Å². The normalized spacial score (nSPS) is 12.7. The Kier molecular flexibility index (Phi) is 4.31. The number of hydrogen-bond donors (Lipinski definition) is 1. The summed E-state index contributed by atoms with van der Waals surface area (Å²) in [5.41, 5.74) is 8.64. The van der Waals surface area contributed by atoms with Gasteiger partial charge in [0.25, 0.3) is 5.56 Å². The number of hydrogen-bond acceptors (Lipinski definition) is 2. The average Bonchev–Trinajstić information content (AvgIpc) is 2.41. The summed E-state index contributed by atoms with van der Waals surface area (Å²) in [5.74, 6) is 0.300. The molecule has 0 amide bonds. The van der Waals surface area contributed by atoms with E-state index in [9.17, 15) is 4.79 Å². The smallest absolute Gasteiger partial charge is 0.255 e. The van der Waals surface area contributed by atoms with Gasteiger partial charge in [-0.2, -0.15) is 0 Å². The highest BCUT2D eigenvalue weighted by molar-refractivity contribution is 6.30. The second-order valence-corrected chi connectivity index (χ2v) is 5.70. The molecule has 1 atom stereocenters. The van der Waals surface area contributed by atoms with Crippen LogP contribution in [-0.4, -0.2) is 4.57 Å². The summed E-state index contributed by atoms with van der Waals surface area (Å²) >= 11 is 5.87. The van der Waals surface area contributed by atoms with E-state index in [-0.39, 0.29) is 5.56 Å². The van der Waals surface area contributed by atoms with Gasteiger partial charge in [0.15, 0.2) is 0 Å². The molecule has 4 heteroatoms. The van der Waals surface area contributed by atoms with Gasteiger partial charge in [-0.3, -0.25) is 4.79 Å². The van der Waals surface area contributed by atoms with Crippen LogP contribution in [0.5, 0.6) is 0 Å². The molecule has 1 aromatic carbocycles. The molecule has 0 saturated heterocycles. The zero-order valence-electron chi connectivity index (χ0n) is 11.9. The lowest BCUT2D eigenvalue weighted by molar-refractivity contribution is 0.688. The number of nitrogens with zero attached hydrogens (tertiary/aromatic N) is 1. The Labute approximate surface area is 124 Å². The van der Waals surface area contributed by atoms with Gasteiger partial charge in [0.1, 0.15) is 0 Å². The van der Waals surface area contributed by atoms with E-state index in [1.54, 1.807) is 23.7 Å². The molecule has 0 radical (unpaired) electrons. The molecule has 1 aromatic heterocycles. The van der Waals surface area contributed by atoms with E-state index in [0.717, 1.165) is 11.3 Å². The zero-order chi connectivity index (χ0) is 14.9. The molecule has 0 spiro atoms. The highest BCUT2D eigenvalue weighted by Crippen LogP contribution is 2.20. The Balaban J connectivity index is 2.46. The van der Waals surface area contributed by atoms with E-state index >= 15 is 0 Å².